The van der Waals surface area contributed by atoms with Crippen molar-refractivity contribution in [3.63, 3.8) is 0 Å². The van der Waals surface area contributed by atoms with Gasteiger partial charge >= 0.3 is 13.6 Å². The van der Waals surface area contributed by atoms with Crippen LogP contribution in [0, 0.1) is 0 Å². The predicted octanol–water partition coefficient (Wildman–Crippen LogP) is 1.56. The average Bonchev–Trinajstić information content (AvgIpc) is 2.88. The number of aliphatic carboxylic acids is 1. The Morgan fingerprint density at radius 3 is 2.52 bits per heavy atom. The van der Waals surface area contributed by atoms with E-state index in [0.29, 0.717) is 5.69 Å². The van der Waals surface area contributed by atoms with Crippen molar-refractivity contribution in [1.29, 1.82) is 0 Å². The molecule has 2 N–H and O–H groups in total. The third kappa shape index (κ3) is 5.59. The van der Waals surface area contributed by atoms with Crippen molar-refractivity contribution < 1.29 is 23.5 Å². The minimum Gasteiger partial charge on any atom is -0.480 e. The molecule has 8 nitrogen and oxygen atoms in total. The summed E-state index contributed by atoms with van der Waals surface area (Å²) in [5, 5.41) is 9.35. The van der Waals surface area contributed by atoms with Crippen LogP contribution in [0.15, 0.2) is 12.5 Å². The average molecular weight is 319 g/mol. The predicted molar refractivity (Wildman–Crippen MR) is 77.2 cm³/mol. The molecule has 0 spiro atoms. The zero-order chi connectivity index (χ0) is 15.9. The first-order valence-corrected chi connectivity index (χ1v) is 8.43. The molecule has 0 aliphatic rings. The SMILES string of the molecule is CCOP(=O)(CN(C)[C@@H](Cc1c[nH]cn1)C(=O)O)OCC. The van der Waals surface area contributed by atoms with Gasteiger partial charge in [-0.15, -0.1) is 0 Å². The molecule has 21 heavy (non-hydrogen) atoms. The Morgan fingerprint density at radius 1 is 1.48 bits per heavy atom. The van der Waals surface area contributed by atoms with Crippen molar-refractivity contribution in [2.45, 2.75) is 26.3 Å². The van der Waals surface area contributed by atoms with Crippen molar-refractivity contribution in [2.24, 2.45) is 0 Å². The van der Waals surface area contributed by atoms with Crippen LogP contribution in [-0.2, 0) is 24.8 Å². The van der Waals surface area contributed by atoms with Gasteiger partial charge in [0, 0.05) is 12.6 Å². The summed E-state index contributed by atoms with van der Waals surface area (Å²) >= 11 is 0. The number of hydrogen-bond donors (Lipinski definition) is 2. The zero-order valence-corrected chi connectivity index (χ0v) is 13.4. The van der Waals surface area contributed by atoms with Gasteiger partial charge < -0.3 is 19.1 Å². The molecular weight excluding hydrogens is 297 g/mol. The molecule has 0 amide bonds. The minimum absolute atomic E-state index is 0.0872. The monoisotopic (exact) mass is 319 g/mol. The molecule has 0 aromatic carbocycles. The molecule has 0 radical (unpaired) electrons. The smallest absolute Gasteiger partial charge is 0.344 e. The summed E-state index contributed by atoms with van der Waals surface area (Å²) < 4.78 is 22.8. The normalized spacial score (nSPS) is 13.5. The first-order valence-electron chi connectivity index (χ1n) is 6.70. The molecule has 1 aromatic rings. The molecule has 0 unspecified atom stereocenters. The summed E-state index contributed by atoms with van der Waals surface area (Å²) in [5.41, 5.74) is 0.622. The van der Waals surface area contributed by atoms with Crippen LogP contribution in [0.2, 0.25) is 0 Å². The quantitative estimate of drug-likeness (QED) is 0.630. The van der Waals surface area contributed by atoms with Gasteiger partial charge in [-0.1, -0.05) is 0 Å². The summed E-state index contributed by atoms with van der Waals surface area (Å²) in [6.07, 6.45) is 3.23. The van der Waals surface area contributed by atoms with Crippen molar-refractivity contribution in [3.05, 3.63) is 18.2 Å². The highest BCUT2D eigenvalue weighted by atomic mass is 31.2. The van der Waals surface area contributed by atoms with E-state index in [1.54, 1.807) is 27.1 Å². The second kappa shape index (κ2) is 8.29. The molecule has 1 rings (SSSR count). The first-order chi connectivity index (χ1) is 9.91. The Labute approximate surface area is 124 Å². The molecule has 0 saturated carbocycles. The zero-order valence-electron chi connectivity index (χ0n) is 12.5. The van der Waals surface area contributed by atoms with E-state index in [0.717, 1.165) is 0 Å². The fraction of sp³-hybridized carbons (Fsp3) is 0.667. The van der Waals surface area contributed by atoms with Gasteiger partial charge in [-0.2, -0.15) is 0 Å². The van der Waals surface area contributed by atoms with Crippen LogP contribution < -0.4 is 0 Å². The van der Waals surface area contributed by atoms with Crippen molar-refractivity contribution >= 4 is 13.6 Å². The molecule has 0 fully saturated rings. The minimum atomic E-state index is -3.32. The lowest BCUT2D eigenvalue weighted by molar-refractivity contribution is -0.142. The van der Waals surface area contributed by atoms with E-state index < -0.39 is 19.6 Å². The highest BCUT2D eigenvalue weighted by Gasteiger charge is 2.32. The maximum Gasteiger partial charge on any atom is 0.344 e. The first kappa shape index (κ1) is 17.8. The van der Waals surface area contributed by atoms with Crippen molar-refractivity contribution in [1.82, 2.24) is 14.9 Å². The number of aromatic nitrogens is 2. The summed E-state index contributed by atoms with van der Waals surface area (Å²) in [6, 6.07) is -0.859. The van der Waals surface area contributed by atoms with E-state index >= 15 is 0 Å². The molecular formula is C12H22N3O5P. The van der Waals surface area contributed by atoms with E-state index in [1.165, 1.54) is 11.2 Å². The maximum absolute atomic E-state index is 12.5. The third-order valence-corrected chi connectivity index (χ3v) is 4.92. The molecule has 0 aliphatic heterocycles. The molecule has 1 atom stereocenters. The molecule has 1 aromatic heterocycles. The summed E-state index contributed by atoms with van der Waals surface area (Å²) in [7, 11) is -1.75. The van der Waals surface area contributed by atoms with Gasteiger partial charge in [-0.05, 0) is 20.9 Å². The lowest BCUT2D eigenvalue weighted by Gasteiger charge is -2.27. The van der Waals surface area contributed by atoms with Gasteiger partial charge in [0.15, 0.2) is 0 Å². The van der Waals surface area contributed by atoms with Gasteiger partial charge in [0.2, 0.25) is 0 Å². The standard InChI is InChI=1S/C12H22N3O5P/c1-4-19-21(18,20-5-2)9-15(3)11(12(16)17)6-10-7-13-8-14-10/h7-8,11H,4-6,9H2,1-3H3,(H,13,14)(H,16,17)/t11-/m0/s1. The highest BCUT2D eigenvalue weighted by Crippen LogP contribution is 2.48. The fourth-order valence-electron chi connectivity index (χ4n) is 1.92. The second-order valence-electron chi connectivity index (χ2n) is 4.46. The Kier molecular flexibility index (Phi) is 7.04. The van der Waals surface area contributed by atoms with Gasteiger partial charge in [0.1, 0.15) is 12.3 Å². The van der Waals surface area contributed by atoms with E-state index in [9.17, 15) is 14.5 Å². The largest absolute Gasteiger partial charge is 0.480 e. The Hall–Kier alpha value is -1.21. The van der Waals surface area contributed by atoms with Crippen molar-refractivity contribution in [2.75, 3.05) is 26.5 Å². The number of nitrogens with zero attached hydrogens (tertiary/aromatic N) is 2. The lowest BCUT2D eigenvalue weighted by atomic mass is 10.1. The number of hydrogen-bond acceptors (Lipinski definition) is 6. The Balaban J connectivity index is 2.78. The summed E-state index contributed by atoms with van der Waals surface area (Å²) in [5.74, 6) is -1.01. The van der Waals surface area contributed by atoms with Gasteiger partial charge in [0.05, 0.1) is 25.2 Å². The molecule has 0 bridgehead atoms. The number of aromatic amines is 1. The number of carbonyl (C=O) groups is 1. The third-order valence-electron chi connectivity index (χ3n) is 2.82. The Morgan fingerprint density at radius 2 is 2.10 bits per heavy atom. The maximum atomic E-state index is 12.5. The highest BCUT2D eigenvalue weighted by molar-refractivity contribution is 7.53. The topological polar surface area (TPSA) is 105 Å². The number of H-pyrrole nitrogens is 1. The van der Waals surface area contributed by atoms with Crippen LogP contribution in [0.5, 0.6) is 0 Å². The molecule has 120 valence electrons. The van der Waals surface area contributed by atoms with Crippen LogP contribution in [0.1, 0.15) is 19.5 Å². The van der Waals surface area contributed by atoms with E-state index in [4.69, 9.17) is 9.05 Å². The molecule has 1 heterocycles. The van der Waals surface area contributed by atoms with Gasteiger partial charge in [-0.25, -0.2) is 4.98 Å². The van der Waals surface area contributed by atoms with Crippen LogP contribution in [0.4, 0.5) is 0 Å². The Bertz CT molecular complexity index is 469. The van der Waals surface area contributed by atoms with E-state index in [1.807, 2.05) is 0 Å². The number of imidazole rings is 1. The van der Waals surface area contributed by atoms with Gasteiger partial charge in [0.25, 0.3) is 0 Å². The molecule has 9 heteroatoms. The van der Waals surface area contributed by atoms with Crippen LogP contribution in [-0.4, -0.2) is 58.5 Å². The fourth-order valence-corrected chi connectivity index (χ4v) is 3.68. The second-order valence-corrected chi connectivity index (χ2v) is 6.48. The van der Waals surface area contributed by atoms with E-state index in [-0.39, 0.29) is 25.9 Å². The molecule has 0 saturated heterocycles. The van der Waals surface area contributed by atoms with Crippen LogP contribution >= 0.6 is 7.60 Å². The number of nitrogens with one attached hydrogen (secondary N) is 1. The van der Waals surface area contributed by atoms with Crippen molar-refractivity contribution in [3.8, 4) is 0 Å². The van der Waals surface area contributed by atoms with Gasteiger partial charge in [-0.3, -0.25) is 14.3 Å². The van der Waals surface area contributed by atoms with Crippen LogP contribution in [0.3, 0.4) is 0 Å². The van der Waals surface area contributed by atoms with E-state index in [2.05, 4.69) is 9.97 Å². The van der Waals surface area contributed by atoms with Crippen LogP contribution in [0.25, 0.3) is 0 Å². The number of carboxylic acid groups (broad SMARTS) is 1. The summed E-state index contributed by atoms with van der Waals surface area (Å²) in [4.78, 5) is 19.7. The number of carboxylic acids is 1. The molecule has 0 aliphatic carbocycles. The summed E-state index contributed by atoms with van der Waals surface area (Å²) in [6.45, 7) is 3.90. The lowest BCUT2D eigenvalue weighted by Crippen LogP contribution is -2.41. The number of rotatable bonds is 10. The number of likely N-dealkylation sites (N-methyl/N-ethyl adjacent to an activating group) is 1.